The summed E-state index contributed by atoms with van der Waals surface area (Å²) in [6.45, 7) is 6.38. The summed E-state index contributed by atoms with van der Waals surface area (Å²) in [5.74, 6) is -0.0968. The monoisotopic (exact) mass is 393 g/mol. The SMILES string of the molecule is Cc1ccccc1N1CCN(C(=O)C2CCCN(C(=O)c3cnccn3)C2)CC1. The number of amides is 2. The van der Waals surface area contributed by atoms with E-state index < -0.39 is 0 Å². The molecule has 0 aliphatic carbocycles. The molecule has 152 valence electrons. The highest BCUT2D eigenvalue weighted by atomic mass is 16.2. The zero-order valence-corrected chi connectivity index (χ0v) is 16.8. The molecule has 3 heterocycles. The fourth-order valence-electron chi connectivity index (χ4n) is 4.28. The van der Waals surface area contributed by atoms with E-state index in [0.717, 1.165) is 39.0 Å². The first-order valence-electron chi connectivity index (χ1n) is 10.3. The van der Waals surface area contributed by atoms with Gasteiger partial charge in [0.1, 0.15) is 5.69 Å². The van der Waals surface area contributed by atoms with Gasteiger partial charge in [0.2, 0.25) is 5.91 Å². The maximum absolute atomic E-state index is 13.1. The van der Waals surface area contributed by atoms with E-state index in [9.17, 15) is 9.59 Å². The number of piperazine rings is 1. The zero-order chi connectivity index (χ0) is 20.2. The summed E-state index contributed by atoms with van der Waals surface area (Å²) in [5.41, 5.74) is 2.85. The predicted octanol–water partition coefficient (Wildman–Crippen LogP) is 1.99. The molecule has 2 amide bonds. The minimum absolute atomic E-state index is 0.130. The van der Waals surface area contributed by atoms with Crippen molar-refractivity contribution in [2.45, 2.75) is 19.8 Å². The van der Waals surface area contributed by atoms with Crippen molar-refractivity contribution in [3.8, 4) is 0 Å². The van der Waals surface area contributed by atoms with Crippen LogP contribution in [0.4, 0.5) is 5.69 Å². The minimum atomic E-state index is -0.139. The van der Waals surface area contributed by atoms with Crippen LogP contribution in [0.2, 0.25) is 0 Å². The number of benzene rings is 1. The third-order valence-electron chi connectivity index (χ3n) is 5.89. The Morgan fingerprint density at radius 3 is 2.52 bits per heavy atom. The summed E-state index contributed by atoms with van der Waals surface area (Å²) < 4.78 is 0. The minimum Gasteiger partial charge on any atom is -0.368 e. The molecule has 0 bridgehead atoms. The van der Waals surface area contributed by atoms with Crippen LogP contribution in [0.1, 0.15) is 28.9 Å². The molecule has 2 aromatic rings. The van der Waals surface area contributed by atoms with Crippen LogP contribution >= 0.6 is 0 Å². The Balaban J connectivity index is 1.35. The van der Waals surface area contributed by atoms with Crippen LogP contribution < -0.4 is 4.90 Å². The lowest BCUT2D eigenvalue weighted by molar-refractivity contribution is -0.137. The number of likely N-dealkylation sites (tertiary alicyclic amines) is 1. The van der Waals surface area contributed by atoms with E-state index in [4.69, 9.17) is 0 Å². The Hall–Kier alpha value is -2.96. The largest absolute Gasteiger partial charge is 0.368 e. The molecule has 0 N–H and O–H groups in total. The van der Waals surface area contributed by atoms with E-state index in [1.54, 1.807) is 11.1 Å². The van der Waals surface area contributed by atoms with Gasteiger partial charge in [-0.2, -0.15) is 0 Å². The maximum atomic E-state index is 13.1. The third-order valence-corrected chi connectivity index (χ3v) is 5.89. The number of piperidine rings is 1. The molecule has 0 spiro atoms. The average molecular weight is 393 g/mol. The number of hydrogen-bond donors (Lipinski definition) is 0. The standard InChI is InChI=1S/C22H27N5O2/c1-17-5-2-3-7-20(17)25-11-13-26(14-12-25)21(28)18-6-4-10-27(16-18)22(29)19-15-23-8-9-24-19/h2-3,5,7-9,15,18H,4,6,10-14,16H2,1H3. The molecule has 1 aromatic heterocycles. The van der Waals surface area contributed by atoms with Crippen molar-refractivity contribution in [3.05, 3.63) is 54.1 Å². The van der Waals surface area contributed by atoms with Crippen molar-refractivity contribution >= 4 is 17.5 Å². The summed E-state index contributed by atoms with van der Waals surface area (Å²) in [6, 6.07) is 8.38. The van der Waals surface area contributed by atoms with Crippen molar-refractivity contribution < 1.29 is 9.59 Å². The Bertz CT molecular complexity index is 865. The number of nitrogens with zero attached hydrogens (tertiary/aromatic N) is 5. The van der Waals surface area contributed by atoms with Gasteiger partial charge in [-0.15, -0.1) is 0 Å². The number of para-hydroxylation sites is 1. The Labute approximate surface area is 171 Å². The number of anilines is 1. The van der Waals surface area contributed by atoms with Gasteiger partial charge in [0, 0.05) is 57.3 Å². The van der Waals surface area contributed by atoms with Crippen LogP contribution in [-0.4, -0.2) is 70.9 Å². The van der Waals surface area contributed by atoms with E-state index in [-0.39, 0.29) is 17.7 Å². The quantitative estimate of drug-likeness (QED) is 0.798. The highest BCUT2D eigenvalue weighted by molar-refractivity contribution is 5.92. The van der Waals surface area contributed by atoms with Crippen molar-refractivity contribution in [2.24, 2.45) is 5.92 Å². The van der Waals surface area contributed by atoms with Gasteiger partial charge in [0.15, 0.2) is 0 Å². The molecular weight excluding hydrogens is 366 g/mol. The van der Waals surface area contributed by atoms with Crippen molar-refractivity contribution in [2.75, 3.05) is 44.2 Å². The van der Waals surface area contributed by atoms with Crippen LogP contribution in [0, 0.1) is 12.8 Å². The smallest absolute Gasteiger partial charge is 0.274 e. The van der Waals surface area contributed by atoms with Crippen molar-refractivity contribution in [1.82, 2.24) is 19.8 Å². The van der Waals surface area contributed by atoms with E-state index in [2.05, 4.69) is 46.1 Å². The Kier molecular flexibility index (Phi) is 5.74. The molecule has 2 saturated heterocycles. The summed E-state index contributed by atoms with van der Waals surface area (Å²) in [5, 5.41) is 0. The van der Waals surface area contributed by atoms with Gasteiger partial charge in [-0.05, 0) is 31.4 Å². The van der Waals surface area contributed by atoms with Gasteiger partial charge in [0.25, 0.3) is 5.91 Å². The van der Waals surface area contributed by atoms with Crippen LogP contribution in [0.5, 0.6) is 0 Å². The number of carbonyl (C=O) groups excluding carboxylic acids is 2. The van der Waals surface area contributed by atoms with E-state index in [0.29, 0.717) is 18.8 Å². The lowest BCUT2D eigenvalue weighted by atomic mass is 9.96. The Morgan fingerprint density at radius 1 is 1.00 bits per heavy atom. The molecule has 2 fully saturated rings. The van der Waals surface area contributed by atoms with E-state index in [1.165, 1.54) is 23.6 Å². The first-order valence-corrected chi connectivity index (χ1v) is 10.3. The number of aromatic nitrogens is 2. The molecule has 0 radical (unpaired) electrons. The van der Waals surface area contributed by atoms with Gasteiger partial charge in [-0.25, -0.2) is 4.98 Å². The fourth-order valence-corrected chi connectivity index (χ4v) is 4.28. The molecule has 2 aliphatic heterocycles. The lowest BCUT2D eigenvalue weighted by Crippen LogP contribution is -2.53. The number of aryl methyl sites for hydroxylation is 1. The topological polar surface area (TPSA) is 69.6 Å². The lowest BCUT2D eigenvalue weighted by Gasteiger charge is -2.40. The van der Waals surface area contributed by atoms with Crippen molar-refractivity contribution in [3.63, 3.8) is 0 Å². The summed E-state index contributed by atoms with van der Waals surface area (Å²) in [4.78, 5) is 39.9. The van der Waals surface area contributed by atoms with Crippen LogP contribution in [0.25, 0.3) is 0 Å². The molecule has 1 aromatic carbocycles. The summed E-state index contributed by atoms with van der Waals surface area (Å²) >= 11 is 0. The molecule has 2 aliphatic rings. The van der Waals surface area contributed by atoms with Gasteiger partial charge in [-0.3, -0.25) is 14.6 Å². The Morgan fingerprint density at radius 2 is 1.79 bits per heavy atom. The predicted molar refractivity (Wildman–Crippen MR) is 111 cm³/mol. The number of hydrogen-bond acceptors (Lipinski definition) is 5. The van der Waals surface area contributed by atoms with Crippen LogP contribution in [0.15, 0.2) is 42.9 Å². The van der Waals surface area contributed by atoms with Gasteiger partial charge in [-0.1, -0.05) is 18.2 Å². The van der Waals surface area contributed by atoms with E-state index in [1.807, 2.05) is 4.90 Å². The van der Waals surface area contributed by atoms with Crippen molar-refractivity contribution in [1.29, 1.82) is 0 Å². The normalized spacial score (nSPS) is 19.9. The molecule has 29 heavy (non-hydrogen) atoms. The molecule has 1 atom stereocenters. The molecule has 1 unspecified atom stereocenters. The second-order valence-corrected chi connectivity index (χ2v) is 7.78. The third kappa shape index (κ3) is 4.23. The second-order valence-electron chi connectivity index (χ2n) is 7.78. The maximum Gasteiger partial charge on any atom is 0.274 e. The van der Waals surface area contributed by atoms with Crippen LogP contribution in [-0.2, 0) is 4.79 Å². The summed E-state index contributed by atoms with van der Waals surface area (Å²) in [6.07, 6.45) is 6.23. The summed E-state index contributed by atoms with van der Waals surface area (Å²) in [7, 11) is 0. The number of rotatable bonds is 3. The zero-order valence-electron chi connectivity index (χ0n) is 16.8. The number of carbonyl (C=O) groups is 2. The fraction of sp³-hybridized carbons (Fsp3) is 0.455. The second kappa shape index (κ2) is 8.59. The van der Waals surface area contributed by atoms with E-state index >= 15 is 0 Å². The van der Waals surface area contributed by atoms with Gasteiger partial charge in [0.05, 0.1) is 12.1 Å². The molecule has 4 rings (SSSR count). The van der Waals surface area contributed by atoms with Crippen LogP contribution in [0.3, 0.4) is 0 Å². The highest BCUT2D eigenvalue weighted by Gasteiger charge is 2.33. The average Bonchev–Trinajstić information content (AvgIpc) is 2.79. The molecule has 0 saturated carbocycles. The molecule has 7 nitrogen and oxygen atoms in total. The molecular formula is C22H27N5O2. The van der Waals surface area contributed by atoms with Gasteiger partial charge < -0.3 is 14.7 Å². The molecule has 7 heteroatoms. The highest BCUT2D eigenvalue weighted by Crippen LogP contribution is 2.24. The first kappa shape index (κ1) is 19.4. The van der Waals surface area contributed by atoms with Gasteiger partial charge >= 0.3 is 0 Å². The first-order chi connectivity index (χ1) is 14.1.